The molecule has 192 valence electrons. The molecule has 0 saturated heterocycles. The van der Waals surface area contributed by atoms with Crippen LogP contribution in [0.25, 0.3) is 32.9 Å². The molecule has 0 spiro atoms. The predicted octanol–water partition coefficient (Wildman–Crippen LogP) is 4.17. The Balaban J connectivity index is 1.30. The van der Waals surface area contributed by atoms with Crippen LogP contribution in [-0.4, -0.2) is 45.8 Å². The Labute approximate surface area is 212 Å². The Bertz CT molecular complexity index is 1620. The Morgan fingerprint density at radius 2 is 1.78 bits per heavy atom. The van der Waals surface area contributed by atoms with Crippen LogP contribution in [0.3, 0.4) is 0 Å². The number of aliphatic hydroxyl groups excluding tert-OH is 1. The molecule has 3 aromatic carbocycles. The van der Waals surface area contributed by atoms with Crippen molar-refractivity contribution >= 4 is 38.9 Å². The molecule has 0 aliphatic heterocycles. The van der Waals surface area contributed by atoms with Gasteiger partial charge in [-0.2, -0.15) is 0 Å². The van der Waals surface area contributed by atoms with Gasteiger partial charge in [0.25, 0.3) is 0 Å². The molecule has 9 nitrogen and oxygen atoms in total. The molecule has 0 bridgehead atoms. The molecule has 0 amide bonds. The lowest BCUT2D eigenvalue weighted by molar-refractivity contribution is -0.158. The Morgan fingerprint density at radius 1 is 1.00 bits per heavy atom. The van der Waals surface area contributed by atoms with Crippen molar-refractivity contribution in [3.63, 3.8) is 0 Å². The molecule has 0 unspecified atom stereocenters. The third kappa shape index (κ3) is 5.52. The van der Waals surface area contributed by atoms with Crippen molar-refractivity contribution in [2.24, 2.45) is 0 Å². The first-order chi connectivity index (χ1) is 17.7. The van der Waals surface area contributed by atoms with E-state index in [0.29, 0.717) is 22.4 Å². The average Bonchev–Trinajstić information content (AvgIpc) is 3.40. The van der Waals surface area contributed by atoms with Crippen LogP contribution in [0.15, 0.2) is 69.9 Å². The minimum Gasteiger partial charge on any atom is -0.491 e. The van der Waals surface area contributed by atoms with Crippen LogP contribution in [0.1, 0.15) is 32.4 Å². The maximum absolute atomic E-state index is 12.9. The number of rotatable bonds is 8. The van der Waals surface area contributed by atoms with Gasteiger partial charge in [0.15, 0.2) is 5.58 Å². The molecule has 0 radical (unpaired) electrons. The predicted molar refractivity (Wildman–Crippen MR) is 141 cm³/mol. The number of oxazole rings is 1. The summed E-state index contributed by atoms with van der Waals surface area (Å²) in [5, 5.41) is 16.0. The Morgan fingerprint density at radius 3 is 2.59 bits per heavy atom. The highest BCUT2D eigenvalue weighted by Gasteiger charge is 2.27. The second-order valence-electron chi connectivity index (χ2n) is 9.97. The first kappa shape index (κ1) is 24.6. The van der Waals surface area contributed by atoms with Crippen molar-refractivity contribution in [3.05, 3.63) is 76.8 Å². The summed E-state index contributed by atoms with van der Waals surface area (Å²) in [6.45, 7) is 5.44. The third-order valence-corrected chi connectivity index (χ3v) is 5.97. The number of hydrogen-bond acceptors (Lipinski definition) is 7. The molecule has 37 heavy (non-hydrogen) atoms. The number of aliphatic hydroxyl groups is 1. The van der Waals surface area contributed by atoms with Crippen molar-refractivity contribution in [3.8, 4) is 5.75 Å². The lowest BCUT2D eigenvalue weighted by Crippen LogP contribution is -2.46. The van der Waals surface area contributed by atoms with Gasteiger partial charge in [-0.15, -0.1) is 0 Å². The summed E-state index contributed by atoms with van der Waals surface area (Å²) >= 11 is 0. The van der Waals surface area contributed by atoms with Crippen molar-refractivity contribution in [1.82, 2.24) is 15.3 Å². The molecular formula is C28H29N3O6. The van der Waals surface area contributed by atoms with E-state index in [2.05, 4.69) is 21.4 Å². The van der Waals surface area contributed by atoms with E-state index in [1.165, 1.54) is 0 Å². The number of aromatic amines is 2. The number of H-pyrrole nitrogens is 2. The zero-order valence-electron chi connectivity index (χ0n) is 20.8. The van der Waals surface area contributed by atoms with Crippen molar-refractivity contribution < 1.29 is 23.8 Å². The molecule has 0 aliphatic rings. The van der Waals surface area contributed by atoms with Crippen LogP contribution < -0.4 is 15.8 Å². The SMILES string of the molecule is CC(C)(C)OC(=O)[C@@H](COc1ccc2c(c1)[nH]c1ccccc12)NC[C@H](O)c1ccc2oc(=O)[nH]c2c1. The third-order valence-electron chi connectivity index (χ3n) is 5.97. The highest BCUT2D eigenvalue weighted by atomic mass is 16.6. The molecule has 2 atom stereocenters. The van der Waals surface area contributed by atoms with Crippen LogP contribution in [0.4, 0.5) is 0 Å². The van der Waals surface area contributed by atoms with Crippen molar-refractivity contribution in [2.75, 3.05) is 13.2 Å². The van der Waals surface area contributed by atoms with Gasteiger partial charge in [-0.1, -0.05) is 24.3 Å². The molecular weight excluding hydrogens is 474 g/mol. The van der Waals surface area contributed by atoms with E-state index < -0.39 is 29.5 Å². The molecule has 0 aliphatic carbocycles. The quantitative estimate of drug-likeness (QED) is 0.234. The van der Waals surface area contributed by atoms with Crippen LogP contribution in [0.5, 0.6) is 5.75 Å². The second-order valence-corrected chi connectivity index (χ2v) is 9.97. The summed E-state index contributed by atoms with van der Waals surface area (Å²) in [4.78, 5) is 30.3. The fraction of sp³-hybridized carbons (Fsp3) is 0.286. The maximum Gasteiger partial charge on any atom is 0.417 e. The number of carbonyl (C=O) groups is 1. The Hall–Kier alpha value is -4.08. The van der Waals surface area contributed by atoms with E-state index in [9.17, 15) is 14.7 Å². The zero-order valence-corrected chi connectivity index (χ0v) is 20.8. The van der Waals surface area contributed by atoms with Gasteiger partial charge in [0.05, 0.1) is 17.1 Å². The first-order valence-electron chi connectivity index (χ1n) is 12.1. The monoisotopic (exact) mass is 503 g/mol. The van der Waals surface area contributed by atoms with E-state index in [4.69, 9.17) is 13.9 Å². The molecule has 4 N–H and O–H groups in total. The number of hydrogen-bond donors (Lipinski definition) is 4. The number of fused-ring (bicyclic) bond motifs is 4. The van der Waals surface area contributed by atoms with Gasteiger partial charge in [0.2, 0.25) is 0 Å². The van der Waals surface area contributed by atoms with E-state index >= 15 is 0 Å². The molecule has 5 rings (SSSR count). The average molecular weight is 504 g/mol. The standard InChI is InChI=1S/C28H29N3O6/c1-28(2,3)37-26(33)23(29-14-24(32)16-8-11-25-22(12-16)31-27(34)36-25)15-35-17-9-10-19-18-6-4-5-7-20(18)30-21(19)13-17/h4-13,23-24,29-30,32H,14-15H2,1-3H3,(H,31,34)/t23-,24+/m1/s1. The number of aromatic nitrogens is 2. The minimum atomic E-state index is -0.949. The summed E-state index contributed by atoms with van der Waals surface area (Å²) in [5.41, 5.74) is 2.74. The van der Waals surface area contributed by atoms with Gasteiger partial charge >= 0.3 is 11.7 Å². The summed E-state index contributed by atoms with van der Waals surface area (Å²) in [6.07, 6.45) is -0.949. The Kier molecular flexibility index (Phi) is 6.49. The number of carbonyl (C=O) groups excluding carboxylic acids is 1. The molecule has 2 aromatic heterocycles. The van der Waals surface area contributed by atoms with E-state index in [1.54, 1.807) is 39.0 Å². The number of para-hydroxylation sites is 1. The second kappa shape index (κ2) is 9.76. The largest absolute Gasteiger partial charge is 0.491 e. The number of nitrogens with one attached hydrogen (secondary N) is 3. The van der Waals surface area contributed by atoms with Gasteiger partial charge in [-0.3, -0.25) is 15.1 Å². The summed E-state index contributed by atoms with van der Waals surface area (Å²) in [5.74, 6) is -0.446. The van der Waals surface area contributed by atoms with Crippen LogP contribution >= 0.6 is 0 Å². The topological polar surface area (TPSA) is 130 Å². The maximum atomic E-state index is 12.9. The highest BCUT2D eigenvalue weighted by Crippen LogP contribution is 2.28. The molecule has 0 fully saturated rings. The normalized spacial score (nSPS) is 13.7. The molecule has 9 heteroatoms. The van der Waals surface area contributed by atoms with Gasteiger partial charge in [0.1, 0.15) is 24.0 Å². The van der Waals surface area contributed by atoms with Gasteiger partial charge in [0, 0.05) is 28.9 Å². The highest BCUT2D eigenvalue weighted by molar-refractivity contribution is 6.07. The first-order valence-corrected chi connectivity index (χ1v) is 12.1. The minimum absolute atomic E-state index is 0.00144. The zero-order chi connectivity index (χ0) is 26.2. The van der Waals surface area contributed by atoms with Crippen LogP contribution in [-0.2, 0) is 9.53 Å². The van der Waals surface area contributed by atoms with Crippen LogP contribution in [0, 0.1) is 0 Å². The molecule has 2 heterocycles. The van der Waals surface area contributed by atoms with E-state index in [0.717, 1.165) is 21.8 Å². The van der Waals surface area contributed by atoms with E-state index in [-0.39, 0.29) is 13.2 Å². The number of ether oxygens (including phenoxy) is 2. The van der Waals surface area contributed by atoms with Gasteiger partial charge in [-0.05, 0) is 56.7 Å². The van der Waals surface area contributed by atoms with Gasteiger partial charge < -0.3 is 24.0 Å². The number of benzene rings is 3. The van der Waals surface area contributed by atoms with Crippen molar-refractivity contribution in [1.29, 1.82) is 0 Å². The fourth-order valence-electron chi connectivity index (χ4n) is 4.23. The smallest absolute Gasteiger partial charge is 0.417 e. The molecule has 0 saturated carbocycles. The summed E-state index contributed by atoms with van der Waals surface area (Å²) < 4.78 is 16.6. The summed E-state index contributed by atoms with van der Waals surface area (Å²) in [7, 11) is 0. The summed E-state index contributed by atoms with van der Waals surface area (Å²) in [6, 6.07) is 17.9. The fourth-order valence-corrected chi connectivity index (χ4v) is 4.23. The molecule has 5 aromatic rings. The van der Waals surface area contributed by atoms with Gasteiger partial charge in [-0.25, -0.2) is 4.79 Å². The van der Waals surface area contributed by atoms with E-state index in [1.807, 2.05) is 36.4 Å². The van der Waals surface area contributed by atoms with Crippen molar-refractivity contribution in [2.45, 2.75) is 38.5 Å². The van der Waals surface area contributed by atoms with Crippen LogP contribution in [0.2, 0.25) is 0 Å². The number of esters is 1. The lowest BCUT2D eigenvalue weighted by atomic mass is 10.1. The lowest BCUT2D eigenvalue weighted by Gasteiger charge is -2.25.